The van der Waals surface area contributed by atoms with Crippen molar-refractivity contribution in [1.29, 1.82) is 0 Å². The number of nitrogens with zero attached hydrogens (tertiary/aromatic N) is 3. The van der Waals surface area contributed by atoms with E-state index in [2.05, 4.69) is 15.0 Å². The molecule has 29 heavy (non-hydrogen) atoms. The molecule has 0 saturated heterocycles. The Morgan fingerprint density at radius 1 is 1.10 bits per heavy atom. The molecule has 0 aliphatic carbocycles. The Bertz CT molecular complexity index is 644. The van der Waals surface area contributed by atoms with Crippen molar-refractivity contribution in [3.05, 3.63) is 35.4 Å². The number of ether oxygens (including phenoxy) is 1. The lowest BCUT2D eigenvalue weighted by molar-refractivity contribution is -0.176. The molecule has 0 heterocycles. The van der Waals surface area contributed by atoms with Crippen LogP contribution in [0.3, 0.4) is 0 Å². The lowest BCUT2D eigenvalue weighted by atomic mass is 10.1. The van der Waals surface area contributed by atoms with Crippen LogP contribution in [0.2, 0.25) is 0 Å². The second kappa shape index (κ2) is 12.3. The maximum absolute atomic E-state index is 12.3. The van der Waals surface area contributed by atoms with Gasteiger partial charge in [0.25, 0.3) is 0 Å². The Hall–Kier alpha value is -2.29. The molecule has 0 bridgehead atoms. The molecule has 1 rings (SSSR count). The number of aliphatic imine (C=N–C) groups is 1. The molecule has 0 aliphatic heterocycles. The van der Waals surface area contributed by atoms with Crippen molar-refractivity contribution in [3.63, 3.8) is 0 Å². The summed E-state index contributed by atoms with van der Waals surface area (Å²) in [4.78, 5) is 20.4. The van der Waals surface area contributed by atoms with Gasteiger partial charge in [-0.3, -0.25) is 4.79 Å². The van der Waals surface area contributed by atoms with Crippen molar-refractivity contribution >= 4 is 11.9 Å². The summed E-state index contributed by atoms with van der Waals surface area (Å²) in [5, 5.41) is 3.17. The number of amides is 1. The van der Waals surface area contributed by atoms with E-state index in [1.165, 1.54) is 0 Å². The van der Waals surface area contributed by atoms with Gasteiger partial charge in [0.05, 0.1) is 19.7 Å². The van der Waals surface area contributed by atoms with E-state index in [0.717, 1.165) is 5.56 Å². The highest BCUT2D eigenvalue weighted by Gasteiger charge is 2.27. The number of rotatable bonds is 10. The molecule has 0 aromatic heterocycles. The van der Waals surface area contributed by atoms with Gasteiger partial charge in [-0.15, -0.1) is 0 Å². The zero-order chi connectivity index (χ0) is 21.9. The number of nitrogens with one attached hydrogen (secondary N) is 1. The van der Waals surface area contributed by atoms with Gasteiger partial charge in [0, 0.05) is 26.7 Å². The van der Waals surface area contributed by atoms with Crippen molar-refractivity contribution in [2.75, 3.05) is 39.8 Å². The Labute approximate surface area is 170 Å². The molecule has 1 N–H and O–H groups in total. The number of guanidine groups is 1. The van der Waals surface area contributed by atoms with Crippen LogP contribution in [0.1, 0.15) is 31.9 Å². The van der Waals surface area contributed by atoms with Gasteiger partial charge in [0.1, 0.15) is 6.61 Å². The molecule has 9 heteroatoms. The third-order valence-corrected chi connectivity index (χ3v) is 4.15. The smallest absolute Gasteiger partial charge is 0.367 e. The van der Waals surface area contributed by atoms with Gasteiger partial charge in [-0.05, 0) is 31.9 Å². The van der Waals surface area contributed by atoms with E-state index in [0.29, 0.717) is 37.7 Å². The van der Waals surface area contributed by atoms with Crippen molar-refractivity contribution in [1.82, 2.24) is 15.1 Å². The first-order chi connectivity index (χ1) is 13.7. The molecule has 6 nitrogen and oxygen atoms in total. The Morgan fingerprint density at radius 2 is 1.69 bits per heavy atom. The normalized spacial score (nSPS) is 12.0. The van der Waals surface area contributed by atoms with Crippen LogP contribution in [0.15, 0.2) is 29.3 Å². The van der Waals surface area contributed by atoms with Gasteiger partial charge in [0.15, 0.2) is 5.96 Å². The molecule has 164 valence electrons. The molecular formula is C20H31F3N4O2. The average Bonchev–Trinajstić information content (AvgIpc) is 2.66. The number of hydrogen-bond acceptors (Lipinski definition) is 3. The molecule has 0 fully saturated rings. The molecule has 1 amide bonds. The highest BCUT2D eigenvalue weighted by Crippen LogP contribution is 2.16. The zero-order valence-corrected chi connectivity index (χ0v) is 17.6. The molecule has 0 atom stereocenters. The minimum absolute atomic E-state index is 0.0336. The molecule has 0 unspecified atom stereocenters. The zero-order valence-electron chi connectivity index (χ0n) is 17.6. The quantitative estimate of drug-likeness (QED) is 0.471. The molecule has 0 radical (unpaired) electrons. The summed E-state index contributed by atoms with van der Waals surface area (Å²) >= 11 is 0. The fourth-order valence-electron chi connectivity index (χ4n) is 2.62. The predicted molar refractivity (Wildman–Crippen MR) is 108 cm³/mol. The number of carbonyl (C=O) groups excluding carboxylic acids is 1. The summed E-state index contributed by atoms with van der Waals surface area (Å²) in [6.45, 7) is 7.08. The van der Waals surface area contributed by atoms with Crippen LogP contribution < -0.4 is 5.32 Å². The Balaban J connectivity index is 2.67. The fraction of sp³-hybridized carbons (Fsp3) is 0.600. The van der Waals surface area contributed by atoms with E-state index < -0.39 is 12.8 Å². The van der Waals surface area contributed by atoms with Crippen LogP contribution >= 0.6 is 0 Å². The first-order valence-corrected chi connectivity index (χ1v) is 9.69. The second-order valence-corrected chi connectivity index (χ2v) is 6.52. The summed E-state index contributed by atoms with van der Waals surface area (Å²) in [6.07, 6.45) is -4.32. The maximum Gasteiger partial charge on any atom is 0.411 e. The van der Waals surface area contributed by atoms with Crippen molar-refractivity contribution in [2.24, 2.45) is 4.99 Å². The number of carbonyl (C=O) groups is 1. The van der Waals surface area contributed by atoms with Crippen LogP contribution in [0, 0.1) is 0 Å². The van der Waals surface area contributed by atoms with E-state index in [-0.39, 0.29) is 19.1 Å². The molecule has 0 saturated carbocycles. The molecule has 1 aromatic rings. The van der Waals surface area contributed by atoms with Crippen LogP contribution in [-0.2, 0) is 22.7 Å². The van der Waals surface area contributed by atoms with Crippen molar-refractivity contribution in [3.8, 4) is 0 Å². The summed E-state index contributed by atoms with van der Waals surface area (Å²) in [5.41, 5.74) is 1.57. The number of benzene rings is 1. The second-order valence-electron chi connectivity index (χ2n) is 6.52. The van der Waals surface area contributed by atoms with Gasteiger partial charge in [-0.25, -0.2) is 4.99 Å². The third-order valence-electron chi connectivity index (χ3n) is 4.15. The van der Waals surface area contributed by atoms with Crippen LogP contribution in [0.25, 0.3) is 0 Å². The van der Waals surface area contributed by atoms with E-state index in [1.54, 1.807) is 34.1 Å². The molecule has 1 aromatic carbocycles. The van der Waals surface area contributed by atoms with Gasteiger partial charge in [-0.2, -0.15) is 13.2 Å². The van der Waals surface area contributed by atoms with Gasteiger partial charge in [-0.1, -0.05) is 24.3 Å². The fourth-order valence-corrected chi connectivity index (χ4v) is 2.62. The third kappa shape index (κ3) is 9.65. The summed E-state index contributed by atoms with van der Waals surface area (Å²) in [5.74, 6) is 0.650. The number of alkyl halides is 3. The van der Waals surface area contributed by atoms with Gasteiger partial charge in [0.2, 0.25) is 5.91 Å². The first-order valence-electron chi connectivity index (χ1n) is 9.69. The molecular weight excluding hydrogens is 385 g/mol. The highest BCUT2D eigenvalue weighted by atomic mass is 19.4. The van der Waals surface area contributed by atoms with E-state index >= 15 is 0 Å². The lowest BCUT2D eigenvalue weighted by Crippen LogP contribution is -2.45. The minimum Gasteiger partial charge on any atom is -0.367 e. The predicted octanol–water partition coefficient (Wildman–Crippen LogP) is 3.03. The van der Waals surface area contributed by atoms with E-state index in [4.69, 9.17) is 0 Å². The lowest BCUT2D eigenvalue weighted by Gasteiger charge is -2.25. The average molecular weight is 416 g/mol. The van der Waals surface area contributed by atoms with Crippen LogP contribution in [0.4, 0.5) is 13.2 Å². The SMILES string of the molecule is CCNC(=NCc1ccc(COCC(F)(F)F)cc1)N(C)CC(=O)N(CC)CC. The van der Waals surface area contributed by atoms with Crippen molar-refractivity contribution < 1.29 is 22.7 Å². The number of halogens is 3. The summed E-state index contributed by atoms with van der Waals surface area (Å²) < 4.78 is 41.0. The van der Waals surface area contributed by atoms with Gasteiger partial charge >= 0.3 is 6.18 Å². The maximum atomic E-state index is 12.3. The molecule has 0 aliphatic rings. The summed E-state index contributed by atoms with van der Waals surface area (Å²) in [6, 6.07) is 7.06. The van der Waals surface area contributed by atoms with E-state index in [9.17, 15) is 18.0 Å². The van der Waals surface area contributed by atoms with Crippen molar-refractivity contribution in [2.45, 2.75) is 40.1 Å². The standard InChI is InChI=1S/C20H31F3N4O2/c1-5-24-19(26(4)13-18(28)27(6-2)7-3)25-12-16-8-10-17(11-9-16)14-29-15-20(21,22)23/h8-11H,5-7,12-15H2,1-4H3,(H,24,25). The Kier molecular flexibility index (Phi) is 10.5. The van der Waals surface area contributed by atoms with Crippen LogP contribution in [0.5, 0.6) is 0 Å². The topological polar surface area (TPSA) is 57.2 Å². The first kappa shape index (κ1) is 24.7. The summed E-state index contributed by atoms with van der Waals surface area (Å²) in [7, 11) is 1.81. The van der Waals surface area contributed by atoms with Gasteiger partial charge < -0.3 is 19.9 Å². The number of likely N-dealkylation sites (N-methyl/N-ethyl adjacent to an activating group) is 2. The Morgan fingerprint density at radius 3 is 2.21 bits per heavy atom. The largest absolute Gasteiger partial charge is 0.411 e. The number of hydrogen-bond donors (Lipinski definition) is 1. The minimum atomic E-state index is -4.32. The molecule has 0 spiro atoms. The van der Waals surface area contributed by atoms with Crippen LogP contribution in [-0.4, -0.2) is 67.7 Å². The van der Waals surface area contributed by atoms with E-state index in [1.807, 2.05) is 27.8 Å². The monoisotopic (exact) mass is 416 g/mol. The highest BCUT2D eigenvalue weighted by molar-refractivity contribution is 5.86.